The van der Waals surface area contributed by atoms with Crippen molar-refractivity contribution < 1.29 is 4.42 Å². The van der Waals surface area contributed by atoms with Gasteiger partial charge >= 0.3 is 0 Å². The van der Waals surface area contributed by atoms with E-state index >= 15 is 0 Å². The number of rotatable bonds is 5. The quantitative estimate of drug-likeness (QED) is 0.543. The maximum atomic E-state index is 5.76. The zero-order valence-corrected chi connectivity index (χ0v) is 14.9. The third-order valence-electron chi connectivity index (χ3n) is 3.93. The van der Waals surface area contributed by atoms with Crippen LogP contribution in [0.3, 0.4) is 0 Å². The van der Waals surface area contributed by atoms with Gasteiger partial charge in [-0.2, -0.15) is 4.98 Å². The van der Waals surface area contributed by atoms with Crippen LogP contribution in [0.5, 0.6) is 0 Å². The number of anilines is 1. The minimum Gasteiger partial charge on any atom is -0.424 e. The van der Waals surface area contributed by atoms with E-state index in [9.17, 15) is 0 Å². The van der Waals surface area contributed by atoms with Crippen molar-refractivity contribution in [1.82, 2.24) is 15.0 Å². The molecule has 25 heavy (non-hydrogen) atoms. The minimum atomic E-state index is 0.470. The summed E-state index contributed by atoms with van der Waals surface area (Å²) in [6.07, 6.45) is 1.78. The summed E-state index contributed by atoms with van der Waals surface area (Å²) in [6.45, 7) is 4.90. The molecule has 0 atom stereocenters. The minimum absolute atomic E-state index is 0.470. The van der Waals surface area contributed by atoms with E-state index in [4.69, 9.17) is 4.42 Å². The normalized spacial score (nSPS) is 11.3. The molecule has 3 heterocycles. The van der Waals surface area contributed by atoms with Gasteiger partial charge in [-0.15, -0.1) is 11.3 Å². The van der Waals surface area contributed by atoms with E-state index in [1.807, 2.05) is 29.6 Å². The molecule has 0 fully saturated rings. The third-order valence-corrected chi connectivity index (χ3v) is 4.85. The lowest BCUT2D eigenvalue weighted by Crippen LogP contribution is -1.99. The number of hydrogen-bond acceptors (Lipinski definition) is 6. The summed E-state index contributed by atoms with van der Waals surface area (Å²) in [6, 6.07) is 12.5. The highest BCUT2D eigenvalue weighted by atomic mass is 32.1. The van der Waals surface area contributed by atoms with Gasteiger partial charge in [-0.25, -0.2) is 4.98 Å². The van der Waals surface area contributed by atoms with Gasteiger partial charge in [0.1, 0.15) is 10.5 Å². The van der Waals surface area contributed by atoms with E-state index < -0.39 is 0 Å². The van der Waals surface area contributed by atoms with Crippen LogP contribution in [0.25, 0.3) is 21.8 Å². The Labute approximate surface area is 149 Å². The Kier molecular flexibility index (Phi) is 4.19. The second-order valence-corrected chi connectivity index (χ2v) is 6.97. The standard InChI is InChI=1S/C19H18N4OS/c1-12(2)13-6-7-17-16(9-13)23-19(24-17)21-10-14-11-25-18(22-14)15-5-3-4-8-20-15/h3-9,11-12H,10H2,1-2H3,(H,21,23). The number of pyridine rings is 1. The average Bonchev–Trinajstić information content (AvgIpc) is 3.26. The number of benzene rings is 1. The first kappa shape index (κ1) is 15.8. The van der Waals surface area contributed by atoms with Gasteiger partial charge in [0.2, 0.25) is 0 Å². The second kappa shape index (κ2) is 6.64. The van der Waals surface area contributed by atoms with E-state index in [-0.39, 0.29) is 0 Å². The molecule has 0 aliphatic carbocycles. The van der Waals surface area contributed by atoms with Gasteiger partial charge in [0.25, 0.3) is 6.01 Å². The Hall–Kier alpha value is -2.73. The summed E-state index contributed by atoms with van der Waals surface area (Å²) in [4.78, 5) is 13.5. The molecular weight excluding hydrogens is 332 g/mol. The smallest absolute Gasteiger partial charge is 0.296 e. The first-order valence-electron chi connectivity index (χ1n) is 8.19. The maximum absolute atomic E-state index is 5.76. The molecule has 1 aromatic carbocycles. The van der Waals surface area contributed by atoms with Crippen LogP contribution < -0.4 is 5.32 Å². The van der Waals surface area contributed by atoms with Gasteiger partial charge in [-0.3, -0.25) is 4.98 Å². The van der Waals surface area contributed by atoms with Crippen LogP contribution in [0.15, 0.2) is 52.4 Å². The lowest BCUT2D eigenvalue weighted by molar-refractivity contribution is 0.614. The number of fused-ring (bicyclic) bond motifs is 1. The predicted molar refractivity (Wildman–Crippen MR) is 101 cm³/mol. The average molecular weight is 350 g/mol. The molecule has 5 nitrogen and oxygen atoms in total. The molecule has 0 aliphatic rings. The molecular formula is C19H18N4OS. The Morgan fingerprint density at radius 3 is 2.88 bits per heavy atom. The molecule has 0 bridgehead atoms. The van der Waals surface area contributed by atoms with Gasteiger partial charge in [0.15, 0.2) is 5.58 Å². The molecule has 0 unspecified atom stereocenters. The molecule has 6 heteroatoms. The van der Waals surface area contributed by atoms with Crippen molar-refractivity contribution in [3.05, 3.63) is 59.2 Å². The number of nitrogens with zero attached hydrogens (tertiary/aromatic N) is 3. The Morgan fingerprint density at radius 1 is 1.16 bits per heavy atom. The van der Waals surface area contributed by atoms with Crippen LogP contribution in [0.4, 0.5) is 6.01 Å². The zero-order chi connectivity index (χ0) is 17.2. The monoisotopic (exact) mass is 350 g/mol. The molecule has 0 spiro atoms. The fraction of sp³-hybridized carbons (Fsp3) is 0.211. The van der Waals surface area contributed by atoms with E-state index in [1.54, 1.807) is 17.5 Å². The highest BCUT2D eigenvalue weighted by molar-refractivity contribution is 7.13. The molecule has 3 aromatic heterocycles. The van der Waals surface area contributed by atoms with Crippen LogP contribution >= 0.6 is 11.3 Å². The van der Waals surface area contributed by atoms with E-state index in [2.05, 4.69) is 46.2 Å². The first-order valence-corrected chi connectivity index (χ1v) is 9.07. The van der Waals surface area contributed by atoms with Gasteiger partial charge in [-0.05, 0) is 35.7 Å². The molecule has 0 saturated carbocycles. The number of aromatic nitrogens is 3. The number of thiazole rings is 1. The predicted octanol–water partition coefficient (Wildman–Crippen LogP) is 5.08. The molecule has 1 N–H and O–H groups in total. The van der Waals surface area contributed by atoms with Crippen molar-refractivity contribution in [2.24, 2.45) is 0 Å². The summed E-state index contributed by atoms with van der Waals surface area (Å²) < 4.78 is 5.76. The zero-order valence-electron chi connectivity index (χ0n) is 14.1. The van der Waals surface area contributed by atoms with Crippen LogP contribution in [-0.4, -0.2) is 15.0 Å². The molecule has 0 aliphatic heterocycles. The Balaban J connectivity index is 1.48. The number of oxazole rings is 1. The van der Waals surface area contributed by atoms with Crippen molar-refractivity contribution in [3.8, 4) is 10.7 Å². The van der Waals surface area contributed by atoms with Crippen LogP contribution in [-0.2, 0) is 6.54 Å². The summed E-state index contributed by atoms with van der Waals surface area (Å²) >= 11 is 1.58. The van der Waals surface area contributed by atoms with E-state index in [1.165, 1.54) is 5.56 Å². The Morgan fingerprint density at radius 2 is 2.08 bits per heavy atom. The number of hydrogen-bond donors (Lipinski definition) is 1. The second-order valence-electron chi connectivity index (χ2n) is 6.11. The van der Waals surface area contributed by atoms with Crippen LogP contribution in [0, 0.1) is 0 Å². The third kappa shape index (κ3) is 3.39. The van der Waals surface area contributed by atoms with Crippen molar-refractivity contribution in [3.63, 3.8) is 0 Å². The molecule has 0 amide bonds. The topological polar surface area (TPSA) is 63.8 Å². The van der Waals surface area contributed by atoms with Gasteiger partial charge in [0.05, 0.1) is 17.9 Å². The van der Waals surface area contributed by atoms with Crippen molar-refractivity contribution in [2.45, 2.75) is 26.3 Å². The summed E-state index contributed by atoms with van der Waals surface area (Å²) in [5, 5.41) is 6.15. The van der Waals surface area contributed by atoms with Gasteiger partial charge in [0, 0.05) is 11.6 Å². The van der Waals surface area contributed by atoms with Crippen LogP contribution in [0.1, 0.15) is 31.0 Å². The van der Waals surface area contributed by atoms with Gasteiger partial charge in [-0.1, -0.05) is 26.0 Å². The maximum Gasteiger partial charge on any atom is 0.296 e. The van der Waals surface area contributed by atoms with Crippen molar-refractivity contribution in [2.75, 3.05) is 5.32 Å². The van der Waals surface area contributed by atoms with E-state index in [0.717, 1.165) is 27.5 Å². The summed E-state index contributed by atoms with van der Waals surface area (Å²) in [7, 11) is 0. The molecule has 0 radical (unpaired) electrons. The Bertz CT molecular complexity index is 991. The highest BCUT2D eigenvalue weighted by Crippen LogP contribution is 2.25. The van der Waals surface area contributed by atoms with Crippen molar-refractivity contribution >= 4 is 28.5 Å². The van der Waals surface area contributed by atoms with Crippen LogP contribution in [0.2, 0.25) is 0 Å². The molecule has 4 rings (SSSR count). The van der Waals surface area contributed by atoms with E-state index in [0.29, 0.717) is 18.5 Å². The van der Waals surface area contributed by atoms with Crippen molar-refractivity contribution in [1.29, 1.82) is 0 Å². The molecule has 126 valence electrons. The fourth-order valence-electron chi connectivity index (χ4n) is 2.54. The summed E-state index contributed by atoms with van der Waals surface area (Å²) in [5.74, 6) is 0.470. The lowest BCUT2D eigenvalue weighted by atomic mass is 10.0. The van der Waals surface area contributed by atoms with Gasteiger partial charge < -0.3 is 9.73 Å². The summed E-state index contributed by atoms with van der Waals surface area (Å²) in [5.41, 5.74) is 4.75. The highest BCUT2D eigenvalue weighted by Gasteiger charge is 2.10. The molecule has 4 aromatic rings. The largest absolute Gasteiger partial charge is 0.424 e. The SMILES string of the molecule is CC(C)c1ccc2oc(NCc3csc(-c4ccccn4)n3)nc2c1. The molecule has 0 saturated heterocycles. The number of nitrogens with one attached hydrogen (secondary N) is 1. The lowest BCUT2D eigenvalue weighted by Gasteiger charge is -2.02. The fourth-order valence-corrected chi connectivity index (χ4v) is 3.34. The first-order chi connectivity index (χ1) is 12.2.